The van der Waals surface area contributed by atoms with Gasteiger partial charge in [-0.05, 0) is 72.2 Å². The van der Waals surface area contributed by atoms with Gasteiger partial charge in [-0.2, -0.15) is 0 Å². The lowest BCUT2D eigenvalue weighted by atomic mass is 9.97. The topological polar surface area (TPSA) is 149 Å². The molecule has 0 saturated heterocycles. The molecule has 174 valence electrons. The number of benzene rings is 3. The summed E-state index contributed by atoms with van der Waals surface area (Å²) in [5.74, 6) is -5.12. The highest BCUT2D eigenvalue weighted by molar-refractivity contribution is 6.02. The first-order chi connectivity index (χ1) is 16.2. The Morgan fingerprint density at radius 3 is 0.971 bits per heavy atom. The first-order valence-corrected chi connectivity index (χ1v) is 10.4. The van der Waals surface area contributed by atoms with Crippen LogP contribution in [0.4, 0.5) is 0 Å². The molecule has 8 nitrogen and oxygen atoms in total. The van der Waals surface area contributed by atoms with Gasteiger partial charge in [0.25, 0.3) is 0 Å². The van der Waals surface area contributed by atoms with Gasteiger partial charge in [0.05, 0.1) is 22.3 Å². The minimum atomic E-state index is -1.28. The lowest BCUT2D eigenvalue weighted by molar-refractivity contribution is 0.0651. The number of rotatable bonds is 10. The summed E-state index contributed by atoms with van der Waals surface area (Å²) in [6.07, 6.45) is 2.38. The number of aryl methyl sites for hydroxylation is 4. The predicted molar refractivity (Wildman–Crippen MR) is 122 cm³/mol. The molecule has 0 aliphatic carbocycles. The second kappa shape index (κ2) is 10.4. The smallest absolute Gasteiger partial charge is 0.336 e. The van der Waals surface area contributed by atoms with Gasteiger partial charge in [-0.1, -0.05) is 36.4 Å². The van der Waals surface area contributed by atoms with Crippen molar-refractivity contribution >= 4 is 23.9 Å². The highest BCUT2D eigenvalue weighted by Crippen LogP contribution is 2.17. The van der Waals surface area contributed by atoms with Crippen molar-refractivity contribution in [3.8, 4) is 0 Å². The molecule has 3 aromatic carbocycles. The summed E-state index contributed by atoms with van der Waals surface area (Å²) in [6.45, 7) is 0. The summed E-state index contributed by atoms with van der Waals surface area (Å²) >= 11 is 0. The molecule has 0 aliphatic rings. The van der Waals surface area contributed by atoms with Crippen LogP contribution in [0.5, 0.6) is 0 Å². The number of hydrogen-bond donors (Lipinski definition) is 4. The molecule has 0 spiro atoms. The molecule has 0 amide bonds. The Hall–Kier alpha value is -4.46. The van der Waals surface area contributed by atoms with Crippen LogP contribution >= 0.6 is 0 Å². The number of hydrogen-bond acceptors (Lipinski definition) is 4. The molecule has 8 heteroatoms. The molecule has 3 aromatic rings. The minimum Gasteiger partial charge on any atom is -0.478 e. The molecule has 0 saturated carbocycles. The molecule has 0 radical (unpaired) electrons. The molecule has 34 heavy (non-hydrogen) atoms. The van der Waals surface area contributed by atoms with Gasteiger partial charge < -0.3 is 20.4 Å². The van der Waals surface area contributed by atoms with E-state index in [9.17, 15) is 29.4 Å². The molecular formula is C26H22O8. The van der Waals surface area contributed by atoms with E-state index in [0.717, 1.165) is 22.3 Å². The van der Waals surface area contributed by atoms with Crippen LogP contribution in [0.1, 0.15) is 63.7 Å². The molecule has 0 fully saturated rings. The quantitative estimate of drug-likeness (QED) is 0.352. The second-order valence-electron chi connectivity index (χ2n) is 7.80. The maximum Gasteiger partial charge on any atom is 0.336 e. The van der Waals surface area contributed by atoms with E-state index < -0.39 is 23.9 Å². The summed E-state index contributed by atoms with van der Waals surface area (Å²) < 4.78 is 0. The Balaban J connectivity index is 1.62. The molecule has 0 aliphatic heterocycles. The number of carbonyl (C=O) groups is 4. The van der Waals surface area contributed by atoms with Crippen molar-refractivity contribution < 1.29 is 39.6 Å². The Kier molecular flexibility index (Phi) is 7.43. The Bertz CT molecular complexity index is 1160. The van der Waals surface area contributed by atoms with E-state index in [0.29, 0.717) is 25.7 Å². The van der Waals surface area contributed by atoms with E-state index in [2.05, 4.69) is 0 Å². The molecule has 4 N–H and O–H groups in total. The number of carboxylic acids is 4. The van der Waals surface area contributed by atoms with E-state index in [1.165, 1.54) is 24.3 Å². The largest absolute Gasteiger partial charge is 0.478 e. The van der Waals surface area contributed by atoms with Gasteiger partial charge in [0.15, 0.2) is 0 Å². The maximum absolute atomic E-state index is 11.3. The lowest BCUT2D eigenvalue weighted by Crippen LogP contribution is -2.09. The second-order valence-corrected chi connectivity index (χ2v) is 7.80. The van der Waals surface area contributed by atoms with Crippen molar-refractivity contribution in [1.82, 2.24) is 0 Å². The predicted octanol–water partition coefficient (Wildman–Crippen LogP) is 4.05. The van der Waals surface area contributed by atoms with Gasteiger partial charge in [-0.15, -0.1) is 0 Å². The van der Waals surface area contributed by atoms with Crippen molar-refractivity contribution in [2.24, 2.45) is 0 Å². The molecule has 3 rings (SSSR count). The first kappa shape index (κ1) is 24.2. The van der Waals surface area contributed by atoms with Crippen LogP contribution in [-0.2, 0) is 25.7 Å². The third-order valence-corrected chi connectivity index (χ3v) is 5.52. The van der Waals surface area contributed by atoms with Crippen molar-refractivity contribution in [3.63, 3.8) is 0 Å². The van der Waals surface area contributed by atoms with Crippen LogP contribution in [0.2, 0.25) is 0 Å². The van der Waals surface area contributed by atoms with E-state index in [-0.39, 0.29) is 22.3 Å². The Labute approximate surface area is 194 Å². The fraction of sp³-hybridized carbons (Fsp3) is 0.154. The summed E-state index contributed by atoms with van der Waals surface area (Å²) in [5.41, 5.74) is 2.56. The van der Waals surface area contributed by atoms with Gasteiger partial charge >= 0.3 is 23.9 Å². The van der Waals surface area contributed by atoms with Crippen LogP contribution in [0.15, 0.2) is 60.7 Å². The third-order valence-electron chi connectivity index (χ3n) is 5.52. The van der Waals surface area contributed by atoms with Crippen molar-refractivity contribution in [2.75, 3.05) is 0 Å². The third kappa shape index (κ3) is 5.86. The molecule has 0 bridgehead atoms. The van der Waals surface area contributed by atoms with Gasteiger partial charge in [0, 0.05) is 0 Å². The summed E-state index contributed by atoms with van der Waals surface area (Å²) in [5, 5.41) is 36.7. The van der Waals surface area contributed by atoms with E-state index in [4.69, 9.17) is 10.2 Å². The van der Waals surface area contributed by atoms with E-state index in [1.54, 1.807) is 12.1 Å². The molecule has 0 heterocycles. The zero-order chi connectivity index (χ0) is 24.8. The number of carboxylic acid groups (broad SMARTS) is 4. The average molecular weight is 462 g/mol. The minimum absolute atomic E-state index is 0.234. The van der Waals surface area contributed by atoms with Gasteiger partial charge in [0.1, 0.15) is 0 Å². The summed E-state index contributed by atoms with van der Waals surface area (Å²) in [6, 6.07) is 16.4. The van der Waals surface area contributed by atoms with Gasteiger partial charge in [0.2, 0.25) is 0 Å². The summed E-state index contributed by atoms with van der Waals surface area (Å²) in [7, 11) is 0. The standard InChI is InChI=1S/C26H22O8/c27-23(28)19-11-9-17(13-21(19)25(31)32)7-5-15-1-2-16(4-3-15)6-8-18-10-12-20(24(29)30)22(14-18)26(33)34/h1-4,9-14H,5-8H2,(H,27,28)(H,29,30)(H,31,32)(H,33,34). The fourth-order valence-corrected chi connectivity index (χ4v) is 3.67. The Morgan fingerprint density at radius 2 is 0.676 bits per heavy atom. The van der Waals surface area contributed by atoms with Crippen molar-refractivity contribution in [1.29, 1.82) is 0 Å². The first-order valence-electron chi connectivity index (χ1n) is 10.4. The average Bonchev–Trinajstić information content (AvgIpc) is 2.81. The highest BCUT2D eigenvalue weighted by atomic mass is 16.4. The highest BCUT2D eigenvalue weighted by Gasteiger charge is 2.17. The van der Waals surface area contributed by atoms with Crippen LogP contribution < -0.4 is 0 Å². The maximum atomic E-state index is 11.3. The van der Waals surface area contributed by atoms with Crippen LogP contribution in [0.3, 0.4) is 0 Å². The molecule has 0 unspecified atom stereocenters. The fourth-order valence-electron chi connectivity index (χ4n) is 3.67. The van der Waals surface area contributed by atoms with Crippen molar-refractivity contribution in [2.45, 2.75) is 25.7 Å². The molecular weight excluding hydrogens is 440 g/mol. The van der Waals surface area contributed by atoms with Crippen molar-refractivity contribution in [3.05, 3.63) is 105 Å². The van der Waals surface area contributed by atoms with E-state index >= 15 is 0 Å². The van der Waals surface area contributed by atoms with Crippen LogP contribution in [0, 0.1) is 0 Å². The molecule has 0 aromatic heterocycles. The lowest BCUT2D eigenvalue weighted by Gasteiger charge is -2.08. The normalized spacial score (nSPS) is 10.6. The SMILES string of the molecule is O=C(O)c1ccc(CCc2ccc(CCc3ccc(C(=O)O)c(C(=O)O)c3)cc2)cc1C(=O)O. The van der Waals surface area contributed by atoms with Gasteiger partial charge in [-0.25, -0.2) is 19.2 Å². The van der Waals surface area contributed by atoms with E-state index in [1.807, 2.05) is 24.3 Å². The van der Waals surface area contributed by atoms with Crippen LogP contribution in [0.25, 0.3) is 0 Å². The van der Waals surface area contributed by atoms with Crippen LogP contribution in [-0.4, -0.2) is 44.3 Å². The zero-order valence-electron chi connectivity index (χ0n) is 18.0. The molecule has 0 atom stereocenters. The number of aromatic carboxylic acids is 4. The van der Waals surface area contributed by atoms with Gasteiger partial charge in [-0.3, -0.25) is 0 Å². The summed E-state index contributed by atoms with van der Waals surface area (Å²) in [4.78, 5) is 45.0. The monoisotopic (exact) mass is 462 g/mol. The Morgan fingerprint density at radius 1 is 0.412 bits per heavy atom. The zero-order valence-corrected chi connectivity index (χ0v) is 18.0.